The number of nitrogens with zero attached hydrogens (tertiary/aromatic N) is 5. The van der Waals surface area contributed by atoms with Crippen molar-refractivity contribution in [1.29, 1.82) is 0 Å². The number of alkyl halides is 1. The summed E-state index contributed by atoms with van der Waals surface area (Å²) >= 11 is 1.51. The molecule has 0 aliphatic carbocycles. The van der Waals surface area contributed by atoms with Gasteiger partial charge in [-0.25, -0.2) is 19.0 Å². The van der Waals surface area contributed by atoms with Crippen LogP contribution in [0.25, 0.3) is 27.0 Å². The molecule has 1 aliphatic heterocycles. The largest absolute Gasteiger partial charge is 0.491 e. The van der Waals surface area contributed by atoms with Crippen LogP contribution in [-0.2, 0) is 12.8 Å². The third-order valence-corrected chi connectivity index (χ3v) is 6.52. The Labute approximate surface area is 201 Å². The van der Waals surface area contributed by atoms with Crippen molar-refractivity contribution in [1.82, 2.24) is 24.6 Å². The molecule has 0 bridgehead atoms. The van der Waals surface area contributed by atoms with Gasteiger partial charge in [0.15, 0.2) is 11.7 Å². The molecule has 0 saturated heterocycles. The fourth-order valence-corrected chi connectivity index (χ4v) is 4.87. The molecule has 0 spiro atoms. The van der Waals surface area contributed by atoms with Crippen molar-refractivity contribution >= 4 is 17.0 Å². The molecule has 0 aromatic carbocycles. The van der Waals surface area contributed by atoms with Gasteiger partial charge in [0.05, 0.1) is 22.1 Å². The average Bonchev–Trinajstić information content (AvgIpc) is 3.44. The van der Waals surface area contributed by atoms with Gasteiger partial charge in [-0.3, -0.25) is 0 Å². The third kappa shape index (κ3) is 5.24. The molecule has 0 fully saturated rings. The zero-order valence-electron chi connectivity index (χ0n) is 19.1. The lowest BCUT2D eigenvalue weighted by Crippen LogP contribution is -2.13. The van der Waals surface area contributed by atoms with Gasteiger partial charge in [0, 0.05) is 12.1 Å². The monoisotopic (exact) mass is 481 g/mol. The Hall–Kier alpha value is -3.35. The van der Waals surface area contributed by atoms with Crippen LogP contribution >= 0.6 is 11.3 Å². The number of rotatable bonds is 8. The van der Waals surface area contributed by atoms with Gasteiger partial charge in [0.2, 0.25) is 0 Å². The van der Waals surface area contributed by atoms with Crippen molar-refractivity contribution in [2.75, 3.05) is 33.9 Å². The average molecular weight is 482 g/mol. The number of pyridine rings is 1. The van der Waals surface area contributed by atoms with Gasteiger partial charge in [-0.05, 0) is 75.3 Å². The Balaban J connectivity index is 1.70. The number of aromatic nitrogens is 4. The topological polar surface area (TPSA) is 56.1 Å². The summed E-state index contributed by atoms with van der Waals surface area (Å²) in [6.45, 7) is 0.671. The molecule has 0 amide bonds. The quantitative estimate of drug-likeness (QED) is 0.342. The van der Waals surface area contributed by atoms with Crippen LogP contribution in [0, 0.1) is 12.3 Å². The van der Waals surface area contributed by atoms with Crippen LogP contribution in [0.5, 0.6) is 5.75 Å². The lowest BCUT2D eigenvalue weighted by Gasteiger charge is -2.11. The van der Waals surface area contributed by atoms with Gasteiger partial charge < -0.3 is 9.64 Å². The van der Waals surface area contributed by atoms with Crippen molar-refractivity contribution < 1.29 is 13.5 Å². The molecule has 3 aromatic heterocycles. The van der Waals surface area contributed by atoms with E-state index in [-0.39, 0.29) is 5.70 Å². The first-order valence-electron chi connectivity index (χ1n) is 10.9. The SMILES string of the molecule is C#C/C(F)=C\C=C(/CF)n1ncnc1-c1cc2c(s1)-c1nc(CCCN(C)C)ccc1OCC2. The minimum Gasteiger partial charge on any atom is -0.491 e. The summed E-state index contributed by atoms with van der Waals surface area (Å²) in [6, 6.07) is 6.03. The Morgan fingerprint density at radius 3 is 2.97 bits per heavy atom. The molecule has 3 aromatic rings. The van der Waals surface area contributed by atoms with E-state index in [2.05, 4.69) is 29.1 Å². The van der Waals surface area contributed by atoms with E-state index in [0.29, 0.717) is 18.9 Å². The molecule has 0 atom stereocenters. The molecule has 4 heterocycles. The Morgan fingerprint density at radius 1 is 1.35 bits per heavy atom. The highest BCUT2D eigenvalue weighted by molar-refractivity contribution is 7.19. The predicted molar refractivity (Wildman–Crippen MR) is 131 cm³/mol. The summed E-state index contributed by atoms with van der Waals surface area (Å²) in [5.41, 5.74) is 3.06. The molecule has 1 aliphatic rings. The van der Waals surface area contributed by atoms with E-state index in [9.17, 15) is 8.78 Å². The molecule has 0 saturated carbocycles. The predicted octanol–water partition coefficient (Wildman–Crippen LogP) is 4.79. The molecular formula is C25H25F2N5OS. The maximum atomic E-state index is 13.8. The number of hydrogen-bond donors (Lipinski definition) is 0. The van der Waals surface area contributed by atoms with Crippen LogP contribution in [0.2, 0.25) is 0 Å². The number of terminal acetylenes is 1. The lowest BCUT2D eigenvalue weighted by atomic mass is 10.1. The summed E-state index contributed by atoms with van der Waals surface area (Å²) < 4.78 is 34.4. The van der Waals surface area contributed by atoms with Gasteiger partial charge in [-0.15, -0.1) is 17.8 Å². The number of thiophene rings is 1. The molecule has 9 heteroatoms. The second kappa shape index (κ2) is 10.7. The first-order chi connectivity index (χ1) is 16.5. The van der Waals surface area contributed by atoms with Crippen molar-refractivity contribution in [2.45, 2.75) is 19.3 Å². The van der Waals surface area contributed by atoms with Crippen LogP contribution < -0.4 is 4.74 Å². The first kappa shape index (κ1) is 23.8. The van der Waals surface area contributed by atoms with Crippen molar-refractivity contribution in [2.24, 2.45) is 0 Å². The highest BCUT2D eigenvalue weighted by Crippen LogP contribution is 2.42. The van der Waals surface area contributed by atoms with E-state index in [1.54, 1.807) is 0 Å². The highest BCUT2D eigenvalue weighted by atomic mass is 32.1. The highest BCUT2D eigenvalue weighted by Gasteiger charge is 2.23. The van der Waals surface area contributed by atoms with Gasteiger partial charge in [-0.1, -0.05) is 0 Å². The number of aryl methyl sites for hydroxylation is 1. The maximum Gasteiger partial charge on any atom is 0.172 e. The molecule has 176 valence electrons. The number of halogens is 2. The fourth-order valence-electron chi connectivity index (χ4n) is 3.69. The smallest absolute Gasteiger partial charge is 0.172 e. The van der Waals surface area contributed by atoms with E-state index in [1.807, 2.05) is 24.1 Å². The summed E-state index contributed by atoms with van der Waals surface area (Å²) in [4.78, 5) is 13.2. The third-order valence-electron chi connectivity index (χ3n) is 5.34. The molecule has 4 rings (SSSR count). The van der Waals surface area contributed by atoms with E-state index < -0.39 is 12.5 Å². The lowest BCUT2D eigenvalue weighted by molar-refractivity contribution is 0.325. The van der Waals surface area contributed by atoms with Crippen molar-refractivity contribution in [3.05, 3.63) is 53.8 Å². The van der Waals surface area contributed by atoms with Gasteiger partial charge in [-0.2, -0.15) is 9.49 Å². The summed E-state index contributed by atoms with van der Waals surface area (Å²) in [5, 5.41) is 4.15. The van der Waals surface area contributed by atoms with Crippen LogP contribution in [0.4, 0.5) is 8.78 Å². The Morgan fingerprint density at radius 2 is 2.21 bits per heavy atom. The van der Waals surface area contributed by atoms with Crippen LogP contribution in [-0.4, -0.2) is 58.6 Å². The fraction of sp³-hybridized carbons (Fsp3) is 0.320. The maximum absolute atomic E-state index is 13.8. The van der Waals surface area contributed by atoms with E-state index in [4.69, 9.17) is 16.1 Å². The van der Waals surface area contributed by atoms with Crippen molar-refractivity contribution in [3.63, 3.8) is 0 Å². The summed E-state index contributed by atoms with van der Waals surface area (Å²) in [5.74, 6) is 2.30. The molecule has 6 nitrogen and oxygen atoms in total. The number of allylic oxidation sites excluding steroid dienone is 4. The zero-order valence-corrected chi connectivity index (χ0v) is 19.9. The minimum absolute atomic E-state index is 0.131. The Bertz CT molecular complexity index is 1270. The summed E-state index contributed by atoms with van der Waals surface area (Å²) in [6.07, 6.45) is 11.3. The Kier molecular flexibility index (Phi) is 7.50. The zero-order chi connectivity index (χ0) is 24.1. The molecule has 0 N–H and O–H groups in total. The van der Waals surface area contributed by atoms with Crippen LogP contribution in [0.3, 0.4) is 0 Å². The summed E-state index contributed by atoms with van der Waals surface area (Å²) in [7, 11) is 4.11. The standard InChI is InChI=1S/C25H25F2N5OS/c1-4-18(27)7-9-20(15-26)32-25(28-16-29-32)22-14-17-11-13-33-21-10-8-19(6-5-12-31(2)3)30-23(21)24(17)34-22/h1,7-10,14,16H,5-6,11-13,15H2,2-3H3/b18-7+,20-9+. The molecule has 0 radical (unpaired) electrons. The number of fused-ring (bicyclic) bond motifs is 3. The van der Waals surface area contributed by atoms with Crippen LogP contribution in [0.15, 0.2) is 42.5 Å². The molecule has 0 unspecified atom stereocenters. The van der Waals surface area contributed by atoms with Crippen LogP contribution in [0.1, 0.15) is 17.7 Å². The second-order valence-corrected chi connectivity index (χ2v) is 9.12. The number of ether oxygens (including phenoxy) is 1. The number of hydrogen-bond acceptors (Lipinski definition) is 6. The minimum atomic E-state index is -0.857. The van der Waals surface area contributed by atoms with E-state index >= 15 is 0 Å². The first-order valence-corrected chi connectivity index (χ1v) is 11.7. The molecular weight excluding hydrogens is 456 g/mol. The van der Waals surface area contributed by atoms with Gasteiger partial charge in [0.25, 0.3) is 0 Å². The van der Waals surface area contributed by atoms with Gasteiger partial charge >= 0.3 is 0 Å². The normalized spacial score (nSPS) is 13.8. The van der Waals surface area contributed by atoms with E-state index in [0.717, 1.165) is 57.9 Å². The van der Waals surface area contributed by atoms with E-state index in [1.165, 1.54) is 28.4 Å². The van der Waals surface area contributed by atoms with Crippen molar-refractivity contribution in [3.8, 4) is 39.4 Å². The second-order valence-electron chi connectivity index (χ2n) is 8.07. The van der Waals surface area contributed by atoms with Gasteiger partial charge in [0.1, 0.15) is 24.4 Å². The molecule has 34 heavy (non-hydrogen) atoms.